The highest BCUT2D eigenvalue weighted by Gasteiger charge is 2.01. The van der Waals surface area contributed by atoms with Crippen molar-refractivity contribution in [2.75, 3.05) is 6.54 Å². The largest absolute Gasteiger partial charge is 0.329 e. The van der Waals surface area contributed by atoms with Gasteiger partial charge >= 0.3 is 0 Å². The fourth-order valence-corrected chi connectivity index (χ4v) is 1.36. The van der Waals surface area contributed by atoms with Gasteiger partial charge in [-0.1, -0.05) is 6.92 Å². The van der Waals surface area contributed by atoms with Crippen molar-refractivity contribution in [3.63, 3.8) is 0 Å². The summed E-state index contributed by atoms with van der Waals surface area (Å²) < 4.78 is 0. The Balaban J connectivity index is 2.51. The predicted molar refractivity (Wildman–Crippen MR) is 46.4 cm³/mol. The fourth-order valence-electron chi connectivity index (χ4n) is 0.603. The van der Waals surface area contributed by atoms with E-state index in [1.54, 1.807) is 24.3 Å². The lowest BCUT2D eigenvalue weighted by molar-refractivity contribution is 0.940. The summed E-state index contributed by atoms with van der Waals surface area (Å²) in [6.45, 7) is 2.75. The second kappa shape index (κ2) is 4.31. The Hall–Kier alpha value is -0.610. The van der Waals surface area contributed by atoms with Crippen LogP contribution in [0.1, 0.15) is 6.92 Å². The lowest BCUT2D eigenvalue weighted by Crippen LogP contribution is -2.12. The van der Waals surface area contributed by atoms with Crippen LogP contribution in [-0.4, -0.2) is 21.8 Å². The summed E-state index contributed by atoms with van der Waals surface area (Å²) in [5.74, 6) is 0. The van der Waals surface area contributed by atoms with Crippen molar-refractivity contribution in [2.45, 2.75) is 17.2 Å². The number of nitrogens with two attached hydrogens (primary N) is 1. The second-order valence-electron chi connectivity index (χ2n) is 2.21. The minimum absolute atomic E-state index is 0.421. The first-order chi connectivity index (χ1) is 5.33. The highest BCUT2D eigenvalue weighted by atomic mass is 32.2. The Morgan fingerprint density at radius 2 is 2.55 bits per heavy atom. The maximum absolute atomic E-state index is 5.46. The first kappa shape index (κ1) is 8.49. The zero-order valence-electron chi connectivity index (χ0n) is 6.40. The van der Waals surface area contributed by atoms with Crippen molar-refractivity contribution in [1.29, 1.82) is 0 Å². The lowest BCUT2D eigenvalue weighted by Gasteiger charge is -2.05. The van der Waals surface area contributed by atoms with E-state index < -0.39 is 0 Å². The van der Waals surface area contributed by atoms with Gasteiger partial charge in [0.25, 0.3) is 0 Å². The molecule has 1 rings (SSSR count). The van der Waals surface area contributed by atoms with Gasteiger partial charge in [0, 0.05) is 18.0 Å². The van der Waals surface area contributed by atoms with E-state index in [0.29, 0.717) is 11.8 Å². The average molecular weight is 169 g/mol. The molecule has 0 saturated carbocycles. The van der Waals surface area contributed by atoms with Gasteiger partial charge < -0.3 is 5.73 Å². The van der Waals surface area contributed by atoms with E-state index in [1.165, 1.54) is 0 Å². The molecule has 0 bridgehead atoms. The van der Waals surface area contributed by atoms with E-state index in [-0.39, 0.29) is 0 Å². The fraction of sp³-hybridized carbons (Fsp3) is 0.429. The van der Waals surface area contributed by atoms with Crippen LogP contribution in [0.25, 0.3) is 0 Å². The van der Waals surface area contributed by atoms with Crippen LogP contribution in [0.3, 0.4) is 0 Å². The SMILES string of the molecule is CC(CN)Sc1ccncn1. The molecule has 0 fully saturated rings. The zero-order valence-corrected chi connectivity index (χ0v) is 7.21. The molecule has 0 radical (unpaired) electrons. The summed E-state index contributed by atoms with van der Waals surface area (Å²) in [6.07, 6.45) is 3.28. The monoisotopic (exact) mass is 169 g/mol. The van der Waals surface area contributed by atoms with Gasteiger partial charge in [-0.15, -0.1) is 11.8 Å². The third kappa shape index (κ3) is 2.86. The first-order valence-electron chi connectivity index (χ1n) is 3.45. The van der Waals surface area contributed by atoms with Gasteiger partial charge in [0.2, 0.25) is 0 Å². The van der Waals surface area contributed by atoms with Crippen LogP contribution in [0.4, 0.5) is 0 Å². The molecule has 0 aliphatic carbocycles. The van der Waals surface area contributed by atoms with E-state index in [0.717, 1.165) is 5.03 Å². The molecule has 4 heteroatoms. The Morgan fingerprint density at radius 3 is 3.09 bits per heavy atom. The number of thioether (sulfide) groups is 1. The standard InChI is InChI=1S/C7H11N3S/c1-6(4-8)11-7-2-3-9-5-10-7/h2-3,5-6H,4,8H2,1H3. The molecule has 0 spiro atoms. The van der Waals surface area contributed by atoms with Gasteiger partial charge in [-0.3, -0.25) is 0 Å². The van der Waals surface area contributed by atoms with Crippen LogP contribution in [-0.2, 0) is 0 Å². The first-order valence-corrected chi connectivity index (χ1v) is 4.33. The Kier molecular flexibility index (Phi) is 3.32. The van der Waals surface area contributed by atoms with Crippen LogP contribution >= 0.6 is 11.8 Å². The molecule has 0 aromatic carbocycles. The number of rotatable bonds is 3. The summed E-state index contributed by atoms with van der Waals surface area (Å²) in [5, 5.41) is 1.41. The topological polar surface area (TPSA) is 51.8 Å². The maximum atomic E-state index is 5.46. The zero-order chi connectivity index (χ0) is 8.10. The number of hydrogen-bond acceptors (Lipinski definition) is 4. The van der Waals surface area contributed by atoms with Crippen molar-refractivity contribution in [2.24, 2.45) is 5.73 Å². The van der Waals surface area contributed by atoms with Gasteiger partial charge in [0.15, 0.2) is 0 Å². The van der Waals surface area contributed by atoms with Crippen molar-refractivity contribution in [3.05, 3.63) is 18.6 Å². The van der Waals surface area contributed by atoms with Crippen LogP contribution in [0.15, 0.2) is 23.6 Å². The summed E-state index contributed by atoms with van der Waals surface area (Å²) in [7, 11) is 0. The van der Waals surface area contributed by atoms with E-state index in [4.69, 9.17) is 5.73 Å². The molecule has 0 aliphatic rings. The van der Waals surface area contributed by atoms with Gasteiger partial charge in [-0.25, -0.2) is 9.97 Å². The molecular weight excluding hydrogens is 158 g/mol. The molecule has 0 aliphatic heterocycles. The number of hydrogen-bond donors (Lipinski definition) is 1. The van der Waals surface area contributed by atoms with Crippen LogP contribution in [0.5, 0.6) is 0 Å². The molecule has 1 atom stereocenters. The molecule has 1 aromatic heterocycles. The quantitative estimate of drug-likeness (QED) is 0.540. The van der Waals surface area contributed by atoms with Gasteiger partial charge in [-0.2, -0.15) is 0 Å². The average Bonchev–Trinajstić information content (AvgIpc) is 2.06. The Labute approximate surface area is 70.4 Å². The molecule has 11 heavy (non-hydrogen) atoms. The predicted octanol–water partition coefficient (Wildman–Crippen LogP) is 0.916. The Morgan fingerprint density at radius 1 is 1.73 bits per heavy atom. The summed E-state index contributed by atoms with van der Waals surface area (Å²) in [4.78, 5) is 7.89. The summed E-state index contributed by atoms with van der Waals surface area (Å²) in [5.41, 5.74) is 5.46. The molecule has 3 nitrogen and oxygen atoms in total. The minimum Gasteiger partial charge on any atom is -0.329 e. The van der Waals surface area contributed by atoms with E-state index in [2.05, 4.69) is 16.9 Å². The third-order valence-corrected chi connectivity index (χ3v) is 2.29. The summed E-state index contributed by atoms with van der Waals surface area (Å²) >= 11 is 1.67. The van der Waals surface area contributed by atoms with Gasteiger partial charge in [0.05, 0.1) is 5.03 Å². The van der Waals surface area contributed by atoms with Crippen molar-refractivity contribution < 1.29 is 0 Å². The molecule has 0 saturated heterocycles. The minimum atomic E-state index is 0.421. The van der Waals surface area contributed by atoms with Crippen LogP contribution in [0.2, 0.25) is 0 Å². The molecular formula is C7H11N3S. The van der Waals surface area contributed by atoms with E-state index in [9.17, 15) is 0 Å². The van der Waals surface area contributed by atoms with Crippen molar-refractivity contribution in [3.8, 4) is 0 Å². The molecule has 1 unspecified atom stereocenters. The van der Waals surface area contributed by atoms with E-state index in [1.807, 2.05) is 6.07 Å². The molecule has 0 amide bonds. The molecule has 60 valence electrons. The normalized spacial score (nSPS) is 12.9. The van der Waals surface area contributed by atoms with Gasteiger partial charge in [-0.05, 0) is 6.07 Å². The van der Waals surface area contributed by atoms with Gasteiger partial charge in [0.1, 0.15) is 6.33 Å². The highest BCUT2D eigenvalue weighted by Crippen LogP contribution is 2.18. The molecule has 2 N–H and O–H groups in total. The highest BCUT2D eigenvalue weighted by molar-refractivity contribution is 7.99. The molecule has 1 aromatic rings. The smallest absolute Gasteiger partial charge is 0.116 e. The lowest BCUT2D eigenvalue weighted by atomic mass is 10.5. The third-order valence-electron chi connectivity index (χ3n) is 1.21. The maximum Gasteiger partial charge on any atom is 0.116 e. The van der Waals surface area contributed by atoms with E-state index >= 15 is 0 Å². The Bertz CT molecular complexity index is 202. The summed E-state index contributed by atoms with van der Waals surface area (Å²) in [6, 6.07) is 1.89. The molecule has 1 heterocycles. The second-order valence-corrected chi connectivity index (χ2v) is 3.67. The number of aromatic nitrogens is 2. The van der Waals surface area contributed by atoms with Crippen LogP contribution in [0, 0.1) is 0 Å². The number of nitrogens with zero attached hydrogens (tertiary/aromatic N) is 2. The van der Waals surface area contributed by atoms with Crippen molar-refractivity contribution in [1.82, 2.24) is 9.97 Å². The van der Waals surface area contributed by atoms with Crippen LogP contribution < -0.4 is 5.73 Å². The van der Waals surface area contributed by atoms with Crippen molar-refractivity contribution >= 4 is 11.8 Å².